The molecular formula is C16H14ClFN2O. The van der Waals surface area contributed by atoms with Crippen molar-refractivity contribution in [2.24, 2.45) is 0 Å². The highest BCUT2D eigenvalue weighted by Gasteiger charge is 2.26. The topological polar surface area (TPSA) is 55.1 Å². The molecule has 0 radical (unpaired) electrons. The molecule has 21 heavy (non-hydrogen) atoms. The molecule has 0 bridgehead atoms. The van der Waals surface area contributed by atoms with E-state index in [4.69, 9.17) is 17.3 Å². The molecule has 0 saturated carbocycles. The zero-order chi connectivity index (χ0) is 15.0. The first-order valence-corrected chi connectivity index (χ1v) is 7.07. The van der Waals surface area contributed by atoms with Gasteiger partial charge in [-0.1, -0.05) is 23.7 Å². The third-order valence-electron chi connectivity index (χ3n) is 3.74. The lowest BCUT2D eigenvalue weighted by atomic mass is 10.1. The second-order valence-electron chi connectivity index (χ2n) is 5.12. The SMILES string of the molecule is Nc1ccc2c(c1)CCC2NC(=O)c1c(F)cccc1Cl. The number of nitrogens with one attached hydrogen (secondary N) is 1. The molecule has 5 heteroatoms. The van der Waals surface area contributed by atoms with Crippen LogP contribution in [-0.2, 0) is 6.42 Å². The minimum Gasteiger partial charge on any atom is -0.399 e. The normalized spacial score (nSPS) is 16.6. The van der Waals surface area contributed by atoms with Crippen molar-refractivity contribution in [2.45, 2.75) is 18.9 Å². The lowest BCUT2D eigenvalue weighted by molar-refractivity contribution is 0.0933. The van der Waals surface area contributed by atoms with Crippen LogP contribution >= 0.6 is 11.6 Å². The molecule has 3 nitrogen and oxygen atoms in total. The third-order valence-corrected chi connectivity index (χ3v) is 4.05. The van der Waals surface area contributed by atoms with E-state index in [1.165, 1.54) is 18.2 Å². The van der Waals surface area contributed by atoms with Gasteiger partial charge in [0.2, 0.25) is 0 Å². The maximum atomic E-state index is 13.8. The van der Waals surface area contributed by atoms with Crippen molar-refractivity contribution < 1.29 is 9.18 Å². The van der Waals surface area contributed by atoms with Gasteiger partial charge in [-0.05, 0) is 48.2 Å². The molecular weight excluding hydrogens is 291 g/mol. The van der Waals surface area contributed by atoms with Crippen molar-refractivity contribution >= 4 is 23.2 Å². The number of carbonyl (C=O) groups excluding carboxylic acids is 1. The lowest BCUT2D eigenvalue weighted by Gasteiger charge is -2.15. The van der Waals surface area contributed by atoms with E-state index in [9.17, 15) is 9.18 Å². The monoisotopic (exact) mass is 304 g/mol. The summed E-state index contributed by atoms with van der Waals surface area (Å²) in [6, 6.07) is 9.70. The van der Waals surface area contributed by atoms with Crippen LogP contribution in [0.15, 0.2) is 36.4 Å². The smallest absolute Gasteiger partial charge is 0.256 e. The predicted octanol–water partition coefficient (Wildman–Crippen LogP) is 3.48. The molecule has 0 aromatic heterocycles. The Kier molecular flexibility index (Phi) is 3.55. The van der Waals surface area contributed by atoms with Crippen LogP contribution in [0.25, 0.3) is 0 Å². The zero-order valence-corrected chi connectivity index (χ0v) is 12.0. The summed E-state index contributed by atoms with van der Waals surface area (Å²) in [6.07, 6.45) is 1.62. The maximum absolute atomic E-state index is 13.8. The number of amides is 1. The second kappa shape index (κ2) is 5.37. The van der Waals surface area contributed by atoms with Gasteiger partial charge in [0.15, 0.2) is 0 Å². The van der Waals surface area contributed by atoms with Gasteiger partial charge in [0.05, 0.1) is 16.6 Å². The summed E-state index contributed by atoms with van der Waals surface area (Å²) in [5, 5.41) is 2.96. The minimum atomic E-state index is -0.615. The summed E-state index contributed by atoms with van der Waals surface area (Å²) in [7, 11) is 0. The summed E-state index contributed by atoms with van der Waals surface area (Å²) >= 11 is 5.91. The Morgan fingerprint density at radius 2 is 2.14 bits per heavy atom. The molecule has 0 saturated heterocycles. The van der Waals surface area contributed by atoms with Gasteiger partial charge in [-0.2, -0.15) is 0 Å². The largest absolute Gasteiger partial charge is 0.399 e. The minimum absolute atomic E-state index is 0.108. The van der Waals surface area contributed by atoms with Gasteiger partial charge < -0.3 is 11.1 Å². The van der Waals surface area contributed by atoms with E-state index in [1.54, 1.807) is 6.07 Å². The van der Waals surface area contributed by atoms with E-state index < -0.39 is 11.7 Å². The van der Waals surface area contributed by atoms with Crippen LogP contribution in [0, 0.1) is 5.82 Å². The average Bonchev–Trinajstić information content (AvgIpc) is 2.80. The number of nitrogens with two attached hydrogens (primary N) is 1. The number of benzene rings is 2. The van der Waals surface area contributed by atoms with E-state index in [0.717, 1.165) is 24.0 Å². The number of anilines is 1. The first-order valence-electron chi connectivity index (χ1n) is 6.69. The fraction of sp³-hybridized carbons (Fsp3) is 0.188. The van der Waals surface area contributed by atoms with Gasteiger partial charge >= 0.3 is 0 Å². The summed E-state index contributed by atoms with van der Waals surface area (Å²) in [5.74, 6) is -1.11. The van der Waals surface area contributed by atoms with Crippen molar-refractivity contribution in [3.8, 4) is 0 Å². The highest BCUT2D eigenvalue weighted by molar-refractivity contribution is 6.33. The molecule has 1 unspecified atom stereocenters. The standard InChI is InChI=1S/C16H14ClFN2O/c17-12-2-1-3-13(18)15(12)16(21)20-14-7-4-9-8-10(19)5-6-11(9)14/h1-3,5-6,8,14H,4,7,19H2,(H,20,21). The lowest BCUT2D eigenvalue weighted by Crippen LogP contribution is -2.28. The molecule has 108 valence electrons. The molecule has 0 fully saturated rings. The van der Waals surface area contributed by atoms with Crippen LogP contribution in [0.4, 0.5) is 10.1 Å². The number of fused-ring (bicyclic) bond motifs is 1. The van der Waals surface area contributed by atoms with Crippen LogP contribution in [0.3, 0.4) is 0 Å². The Hall–Kier alpha value is -2.07. The number of carbonyl (C=O) groups is 1. The molecule has 0 aliphatic heterocycles. The van der Waals surface area contributed by atoms with Crippen molar-refractivity contribution in [1.29, 1.82) is 0 Å². The highest BCUT2D eigenvalue weighted by atomic mass is 35.5. The molecule has 1 amide bonds. The molecule has 1 aliphatic carbocycles. The van der Waals surface area contributed by atoms with Crippen LogP contribution < -0.4 is 11.1 Å². The molecule has 3 N–H and O–H groups in total. The summed E-state index contributed by atoms with van der Waals surface area (Å²) < 4.78 is 13.8. The Morgan fingerprint density at radius 3 is 2.90 bits per heavy atom. The molecule has 1 aliphatic rings. The van der Waals surface area contributed by atoms with Crippen molar-refractivity contribution in [3.63, 3.8) is 0 Å². The van der Waals surface area contributed by atoms with Crippen LogP contribution in [-0.4, -0.2) is 5.91 Å². The number of aryl methyl sites for hydroxylation is 1. The first-order chi connectivity index (χ1) is 10.1. The predicted molar refractivity (Wildman–Crippen MR) is 80.8 cm³/mol. The number of rotatable bonds is 2. The molecule has 1 atom stereocenters. The van der Waals surface area contributed by atoms with Gasteiger partial charge in [0.1, 0.15) is 5.82 Å². The third kappa shape index (κ3) is 2.59. The number of hydrogen-bond donors (Lipinski definition) is 2. The van der Waals surface area contributed by atoms with Gasteiger partial charge in [-0.3, -0.25) is 4.79 Å². The molecule has 3 rings (SSSR count). The Morgan fingerprint density at radius 1 is 1.33 bits per heavy atom. The van der Waals surface area contributed by atoms with Gasteiger partial charge in [0.25, 0.3) is 5.91 Å². The van der Waals surface area contributed by atoms with Crippen molar-refractivity contribution in [3.05, 3.63) is 63.9 Å². The van der Waals surface area contributed by atoms with Crippen molar-refractivity contribution in [2.75, 3.05) is 5.73 Å². The van der Waals surface area contributed by atoms with E-state index in [1.807, 2.05) is 12.1 Å². The zero-order valence-electron chi connectivity index (χ0n) is 11.2. The van der Waals surface area contributed by atoms with Crippen molar-refractivity contribution in [1.82, 2.24) is 5.32 Å². The number of halogens is 2. The fourth-order valence-corrected chi connectivity index (χ4v) is 2.98. The van der Waals surface area contributed by atoms with Crippen LogP contribution in [0.2, 0.25) is 5.02 Å². The number of nitrogen functional groups attached to an aromatic ring is 1. The molecule has 2 aromatic carbocycles. The van der Waals surface area contributed by atoms with Gasteiger partial charge in [-0.25, -0.2) is 4.39 Å². The summed E-state index contributed by atoms with van der Waals surface area (Å²) in [4.78, 5) is 12.3. The Bertz CT molecular complexity index is 697. The molecule has 2 aromatic rings. The molecule has 0 heterocycles. The van der Waals surface area contributed by atoms with E-state index >= 15 is 0 Å². The fourth-order valence-electron chi connectivity index (χ4n) is 2.73. The molecule has 0 spiro atoms. The first kappa shape index (κ1) is 13.9. The highest BCUT2D eigenvalue weighted by Crippen LogP contribution is 2.33. The second-order valence-corrected chi connectivity index (χ2v) is 5.53. The van der Waals surface area contributed by atoms with E-state index in [2.05, 4.69) is 5.32 Å². The van der Waals surface area contributed by atoms with Gasteiger partial charge in [0, 0.05) is 5.69 Å². The van der Waals surface area contributed by atoms with Gasteiger partial charge in [-0.15, -0.1) is 0 Å². The summed E-state index contributed by atoms with van der Waals surface area (Å²) in [5.41, 5.74) is 8.51. The Labute approximate surface area is 126 Å². The maximum Gasteiger partial charge on any atom is 0.256 e. The van der Waals surface area contributed by atoms with E-state index in [-0.39, 0.29) is 16.6 Å². The summed E-state index contributed by atoms with van der Waals surface area (Å²) in [6.45, 7) is 0. The quantitative estimate of drug-likeness (QED) is 0.835. The average molecular weight is 305 g/mol. The Balaban J connectivity index is 1.85. The van der Waals surface area contributed by atoms with Crippen LogP contribution in [0.1, 0.15) is 33.9 Å². The van der Waals surface area contributed by atoms with Crippen LogP contribution in [0.5, 0.6) is 0 Å². The number of hydrogen-bond acceptors (Lipinski definition) is 2. The van der Waals surface area contributed by atoms with E-state index in [0.29, 0.717) is 5.69 Å².